The zero-order chi connectivity index (χ0) is 15.6. The van der Waals surface area contributed by atoms with E-state index >= 15 is 0 Å². The highest BCUT2D eigenvalue weighted by Crippen LogP contribution is 2.28. The first-order valence-electron chi connectivity index (χ1n) is 7.57. The zero-order valence-electron chi connectivity index (χ0n) is 12.7. The van der Waals surface area contributed by atoms with E-state index in [9.17, 15) is 8.42 Å². The molecular weight excluding hydrogens is 302 g/mol. The van der Waals surface area contributed by atoms with Gasteiger partial charge in [0, 0.05) is 25.9 Å². The molecule has 1 aliphatic rings. The fraction of sp³-hybridized carbons (Fsp3) is 0.533. The third-order valence-electron chi connectivity index (χ3n) is 4.20. The molecule has 3 rings (SSSR count). The monoisotopic (exact) mass is 323 g/mol. The van der Waals surface area contributed by atoms with Crippen molar-refractivity contribution in [3.05, 3.63) is 30.6 Å². The topological polar surface area (TPSA) is 63.9 Å². The Morgan fingerprint density at radius 3 is 2.86 bits per heavy atom. The molecule has 0 radical (unpaired) electrons. The summed E-state index contributed by atoms with van der Waals surface area (Å²) in [6.07, 6.45) is 7.17. The lowest BCUT2D eigenvalue weighted by atomic mass is 10.2. The van der Waals surface area contributed by atoms with Gasteiger partial charge in [0.25, 0.3) is 10.0 Å². The molecule has 120 valence electrons. The number of pyridine rings is 1. The summed E-state index contributed by atoms with van der Waals surface area (Å²) in [5, 5.41) is 0.228. The summed E-state index contributed by atoms with van der Waals surface area (Å²) in [4.78, 5) is 4.20. The third kappa shape index (κ3) is 2.76. The molecule has 0 saturated heterocycles. The molecule has 0 amide bonds. The molecule has 0 N–H and O–H groups in total. The second-order valence-electron chi connectivity index (χ2n) is 5.57. The largest absolute Gasteiger partial charge is 0.383 e. The van der Waals surface area contributed by atoms with E-state index in [0.29, 0.717) is 18.8 Å². The highest BCUT2D eigenvalue weighted by atomic mass is 32.2. The summed E-state index contributed by atoms with van der Waals surface area (Å²) in [6.45, 7) is 0.774. The molecule has 0 bridgehead atoms. The molecule has 2 aromatic heterocycles. The Morgan fingerprint density at radius 2 is 2.14 bits per heavy atom. The van der Waals surface area contributed by atoms with E-state index < -0.39 is 10.0 Å². The van der Waals surface area contributed by atoms with Crippen LogP contribution in [0.25, 0.3) is 5.65 Å². The number of rotatable bonds is 6. The standard InChI is InChI=1S/C15H21N3O3S/c1-21-11-10-18(13-6-2-3-7-13)22(19,20)15-12-16-14-8-4-5-9-17(14)15/h4-5,8-9,12-13H,2-3,6-7,10-11H2,1H3. The van der Waals surface area contributed by atoms with E-state index in [0.717, 1.165) is 25.7 Å². The van der Waals surface area contributed by atoms with Crippen molar-refractivity contribution in [3.63, 3.8) is 0 Å². The van der Waals surface area contributed by atoms with E-state index in [1.807, 2.05) is 12.1 Å². The molecule has 0 aliphatic heterocycles. The Kier molecular flexibility index (Phi) is 4.46. The van der Waals surface area contributed by atoms with Gasteiger partial charge in [-0.3, -0.25) is 4.40 Å². The van der Waals surface area contributed by atoms with Crippen LogP contribution in [0, 0.1) is 0 Å². The van der Waals surface area contributed by atoms with E-state index in [1.165, 1.54) is 6.20 Å². The Morgan fingerprint density at radius 1 is 1.36 bits per heavy atom. The predicted octanol–water partition coefficient (Wildman–Crippen LogP) is 1.91. The SMILES string of the molecule is COCCN(C1CCCC1)S(=O)(=O)c1cnc2ccccn12. The summed E-state index contributed by atoms with van der Waals surface area (Å²) >= 11 is 0. The maximum absolute atomic E-state index is 13.1. The highest BCUT2D eigenvalue weighted by Gasteiger charge is 2.34. The molecule has 0 spiro atoms. The lowest BCUT2D eigenvalue weighted by Gasteiger charge is -2.27. The van der Waals surface area contributed by atoms with Gasteiger partial charge in [-0.25, -0.2) is 13.4 Å². The Balaban J connectivity index is 2.00. The van der Waals surface area contributed by atoms with Crippen molar-refractivity contribution in [2.45, 2.75) is 36.8 Å². The minimum Gasteiger partial charge on any atom is -0.383 e. The first-order valence-corrected chi connectivity index (χ1v) is 9.01. The Labute approximate surface area is 130 Å². The van der Waals surface area contributed by atoms with Crippen LogP contribution in [0.15, 0.2) is 35.6 Å². The maximum Gasteiger partial charge on any atom is 0.261 e. The van der Waals surface area contributed by atoms with E-state index in [1.54, 1.807) is 28.1 Å². The van der Waals surface area contributed by atoms with Crippen LogP contribution in [0.2, 0.25) is 0 Å². The Hall–Kier alpha value is -1.44. The Bertz CT molecular complexity index is 735. The summed E-state index contributed by atoms with van der Waals surface area (Å²) in [5.74, 6) is 0. The van der Waals surface area contributed by atoms with Crippen molar-refractivity contribution in [3.8, 4) is 0 Å². The van der Waals surface area contributed by atoms with Crippen LogP contribution in [0.5, 0.6) is 0 Å². The predicted molar refractivity (Wildman–Crippen MR) is 83.2 cm³/mol. The van der Waals surface area contributed by atoms with E-state index in [2.05, 4.69) is 4.98 Å². The van der Waals surface area contributed by atoms with Gasteiger partial charge in [-0.2, -0.15) is 4.31 Å². The fourth-order valence-corrected chi connectivity index (χ4v) is 4.84. The number of ether oxygens (including phenoxy) is 1. The molecule has 0 unspecified atom stereocenters. The molecule has 1 saturated carbocycles. The summed E-state index contributed by atoms with van der Waals surface area (Å²) in [6, 6.07) is 5.52. The van der Waals surface area contributed by atoms with Gasteiger partial charge >= 0.3 is 0 Å². The fourth-order valence-electron chi connectivity index (χ4n) is 3.09. The molecule has 2 aromatic rings. The number of hydrogen-bond acceptors (Lipinski definition) is 4. The minimum atomic E-state index is -3.59. The quantitative estimate of drug-likeness (QED) is 0.814. The number of imidazole rings is 1. The number of hydrogen-bond donors (Lipinski definition) is 0. The van der Waals surface area contributed by atoms with Gasteiger partial charge < -0.3 is 4.74 Å². The van der Waals surface area contributed by atoms with Crippen LogP contribution in [0.1, 0.15) is 25.7 Å². The highest BCUT2D eigenvalue weighted by molar-refractivity contribution is 7.89. The van der Waals surface area contributed by atoms with Gasteiger partial charge in [0.15, 0.2) is 5.03 Å². The van der Waals surface area contributed by atoms with Gasteiger partial charge in [-0.15, -0.1) is 0 Å². The second-order valence-corrected chi connectivity index (χ2v) is 7.41. The molecular formula is C15H21N3O3S. The molecule has 1 aliphatic carbocycles. The van der Waals surface area contributed by atoms with Crippen LogP contribution >= 0.6 is 0 Å². The average Bonchev–Trinajstić information content (AvgIpc) is 3.17. The third-order valence-corrected chi connectivity index (χ3v) is 6.13. The minimum absolute atomic E-state index is 0.0643. The van der Waals surface area contributed by atoms with Gasteiger partial charge in [-0.1, -0.05) is 18.9 Å². The summed E-state index contributed by atoms with van der Waals surface area (Å²) in [7, 11) is -2.00. The smallest absolute Gasteiger partial charge is 0.261 e. The molecule has 1 fully saturated rings. The van der Waals surface area contributed by atoms with Crippen molar-refractivity contribution in [2.75, 3.05) is 20.3 Å². The normalized spacial score (nSPS) is 16.8. The first-order chi connectivity index (χ1) is 10.6. The van der Waals surface area contributed by atoms with Crippen molar-refractivity contribution < 1.29 is 13.2 Å². The molecule has 0 atom stereocenters. The number of fused-ring (bicyclic) bond motifs is 1. The first kappa shape index (κ1) is 15.5. The van der Waals surface area contributed by atoms with Crippen LogP contribution in [0.4, 0.5) is 0 Å². The number of nitrogens with zero attached hydrogens (tertiary/aromatic N) is 3. The van der Waals surface area contributed by atoms with E-state index in [-0.39, 0.29) is 11.1 Å². The van der Waals surface area contributed by atoms with Crippen LogP contribution in [-0.4, -0.2) is 48.4 Å². The summed E-state index contributed by atoms with van der Waals surface area (Å²) in [5.41, 5.74) is 0.638. The molecule has 22 heavy (non-hydrogen) atoms. The molecule has 6 nitrogen and oxygen atoms in total. The van der Waals surface area contributed by atoms with Gasteiger partial charge in [-0.05, 0) is 25.0 Å². The lowest BCUT2D eigenvalue weighted by molar-refractivity contribution is 0.166. The van der Waals surface area contributed by atoms with Crippen molar-refractivity contribution in [2.24, 2.45) is 0 Å². The van der Waals surface area contributed by atoms with Gasteiger partial charge in [0.1, 0.15) is 5.65 Å². The van der Waals surface area contributed by atoms with Gasteiger partial charge in [0.05, 0.1) is 12.8 Å². The van der Waals surface area contributed by atoms with Crippen LogP contribution in [-0.2, 0) is 14.8 Å². The zero-order valence-corrected chi connectivity index (χ0v) is 13.5. The van der Waals surface area contributed by atoms with Crippen molar-refractivity contribution in [1.82, 2.24) is 13.7 Å². The van der Waals surface area contributed by atoms with Crippen LogP contribution in [0.3, 0.4) is 0 Å². The molecule has 2 heterocycles. The lowest BCUT2D eigenvalue weighted by Crippen LogP contribution is -2.41. The van der Waals surface area contributed by atoms with Crippen LogP contribution < -0.4 is 0 Å². The van der Waals surface area contributed by atoms with Gasteiger partial charge in [0.2, 0.25) is 0 Å². The van der Waals surface area contributed by atoms with Crippen molar-refractivity contribution >= 4 is 15.7 Å². The number of methoxy groups -OCH3 is 1. The number of sulfonamides is 1. The molecule has 0 aromatic carbocycles. The van der Waals surface area contributed by atoms with Crippen molar-refractivity contribution in [1.29, 1.82) is 0 Å². The number of aromatic nitrogens is 2. The molecule has 7 heteroatoms. The van der Waals surface area contributed by atoms with E-state index in [4.69, 9.17) is 4.74 Å². The second kappa shape index (κ2) is 6.36. The maximum atomic E-state index is 13.1. The summed E-state index contributed by atoms with van der Waals surface area (Å²) < 4.78 is 34.5. The average molecular weight is 323 g/mol.